The van der Waals surface area contributed by atoms with Crippen LogP contribution >= 0.6 is 11.8 Å². The van der Waals surface area contributed by atoms with Crippen LogP contribution in [0.15, 0.2) is 23.1 Å². The highest BCUT2D eigenvalue weighted by Crippen LogP contribution is 2.29. The number of aliphatic hydroxyl groups is 1. The number of phenols is 1. The summed E-state index contributed by atoms with van der Waals surface area (Å²) in [5, 5.41) is 19.2. The van der Waals surface area contributed by atoms with E-state index in [1.165, 1.54) is 24.8 Å². The van der Waals surface area contributed by atoms with Gasteiger partial charge in [-0.2, -0.15) is 0 Å². The molecule has 0 spiro atoms. The summed E-state index contributed by atoms with van der Waals surface area (Å²) in [6.07, 6.45) is 0.430. The second-order valence-corrected chi connectivity index (χ2v) is 5.24. The van der Waals surface area contributed by atoms with Crippen LogP contribution in [-0.4, -0.2) is 47.4 Å². The second kappa shape index (κ2) is 11.5. The Hall–Kier alpha value is -2.06. The Kier molecular flexibility index (Phi) is 10.5. The van der Waals surface area contributed by atoms with E-state index in [4.69, 9.17) is 0 Å². The van der Waals surface area contributed by atoms with E-state index in [1.54, 1.807) is 26.0 Å². The first-order chi connectivity index (χ1) is 11.3. The lowest BCUT2D eigenvalue weighted by molar-refractivity contribution is -0.153. The first-order valence-corrected chi connectivity index (χ1v) is 8.40. The molecule has 7 nitrogen and oxygen atoms in total. The van der Waals surface area contributed by atoms with Gasteiger partial charge in [-0.3, -0.25) is 4.79 Å². The zero-order valence-electron chi connectivity index (χ0n) is 14.1. The Balaban J connectivity index is 0.000000561. The summed E-state index contributed by atoms with van der Waals surface area (Å²) in [5.41, 5.74) is 0.172. The Bertz CT molecular complexity index is 572. The van der Waals surface area contributed by atoms with Gasteiger partial charge in [0.1, 0.15) is 5.75 Å². The molecule has 0 bridgehead atoms. The minimum absolute atomic E-state index is 0.113. The smallest absolute Gasteiger partial charge is 0.374 e. The number of aliphatic hydroxyl groups excluding tert-OH is 1. The molecule has 0 aliphatic rings. The molecule has 0 saturated carbocycles. The zero-order chi connectivity index (χ0) is 18.7. The van der Waals surface area contributed by atoms with E-state index in [-0.39, 0.29) is 24.5 Å². The molecular formula is C16H22O7S. The highest BCUT2D eigenvalue weighted by atomic mass is 32.2. The fourth-order valence-corrected chi connectivity index (χ4v) is 1.91. The molecule has 1 rings (SSSR count). The number of ketones is 1. The van der Waals surface area contributed by atoms with Crippen LogP contribution in [-0.2, 0) is 23.9 Å². The number of esters is 2. The molecule has 1 unspecified atom stereocenters. The van der Waals surface area contributed by atoms with Crippen molar-refractivity contribution in [2.24, 2.45) is 0 Å². The fourth-order valence-electron chi connectivity index (χ4n) is 1.46. The molecule has 0 aromatic heterocycles. The average molecular weight is 358 g/mol. The molecule has 1 aromatic carbocycles. The minimum atomic E-state index is -1.44. The van der Waals surface area contributed by atoms with Crippen molar-refractivity contribution in [3.05, 3.63) is 23.8 Å². The van der Waals surface area contributed by atoms with E-state index >= 15 is 0 Å². The van der Waals surface area contributed by atoms with Crippen LogP contribution in [0.5, 0.6) is 5.75 Å². The van der Waals surface area contributed by atoms with Crippen molar-refractivity contribution in [3.63, 3.8) is 0 Å². The molecule has 2 N–H and O–H groups in total. The number of Topliss-reactive ketones (excluding diaryl/α,β-unsaturated/α-hetero) is 1. The van der Waals surface area contributed by atoms with Crippen LogP contribution in [0.3, 0.4) is 0 Å². The Morgan fingerprint density at radius 1 is 1.17 bits per heavy atom. The Morgan fingerprint density at radius 2 is 1.75 bits per heavy atom. The standard InChI is InChI=1S/C11H14O4S.C5H8O3/c1-3-15-11(14)10(13)8-6-7(16-2)4-5-9(8)12;1-3-8-5(7)4(2)6/h4-6,10,12-13H,3H2,1-2H3;3H2,1-2H3. The van der Waals surface area contributed by atoms with Crippen LogP contribution in [0, 0.1) is 0 Å². The first kappa shape index (κ1) is 21.9. The first-order valence-electron chi connectivity index (χ1n) is 7.17. The summed E-state index contributed by atoms with van der Waals surface area (Å²) in [7, 11) is 0. The average Bonchev–Trinajstić information content (AvgIpc) is 2.55. The maximum absolute atomic E-state index is 11.3. The van der Waals surface area contributed by atoms with E-state index in [0.29, 0.717) is 0 Å². The molecule has 0 aliphatic heterocycles. The minimum Gasteiger partial charge on any atom is -0.508 e. The monoisotopic (exact) mass is 358 g/mol. The molecule has 0 saturated heterocycles. The predicted octanol–water partition coefficient (Wildman–Crippen LogP) is 1.85. The van der Waals surface area contributed by atoms with Crippen molar-refractivity contribution in [1.29, 1.82) is 0 Å². The van der Waals surface area contributed by atoms with Crippen LogP contribution < -0.4 is 0 Å². The van der Waals surface area contributed by atoms with E-state index in [1.807, 2.05) is 6.26 Å². The lowest BCUT2D eigenvalue weighted by Crippen LogP contribution is -2.15. The SMILES string of the molecule is CCOC(=O)C(C)=O.CCOC(=O)C(O)c1cc(SC)ccc1O. The van der Waals surface area contributed by atoms with Gasteiger partial charge in [0.15, 0.2) is 6.10 Å². The summed E-state index contributed by atoms with van der Waals surface area (Å²) in [5.74, 6) is -2.17. The van der Waals surface area contributed by atoms with E-state index in [2.05, 4.69) is 9.47 Å². The fraction of sp³-hybridized carbons (Fsp3) is 0.438. The molecule has 0 heterocycles. The van der Waals surface area contributed by atoms with Gasteiger partial charge in [0, 0.05) is 17.4 Å². The van der Waals surface area contributed by atoms with Crippen molar-refractivity contribution in [2.45, 2.75) is 31.8 Å². The Labute approximate surface area is 145 Å². The number of aromatic hydroxyl groups is 1. The lowest BCUT2D eigenvalue weighted by Gasteiger charge is -2.12. The van der Waals surface area contributed by atoms with Crippen molar-refractivity contribution in [2.75, 3.05) is 19.5 Å². The molecular weight excluding hydrogens is 336 g/mol. The van der Waals surface area contributed by atoms with Crippen molar-refractivity contribution < 1.29 is 34.1 Å². The predicted molar refractivity (Wildman–Crippen MR) is 88.8 cm³/mol. The summed E-state index contributed by atoms with van der Waals surface area (Å²) >= 11 is 1.46. The Morgan fingerprint density at radius 3 is 2.17 bits per heavy atom. The summed E-state index contributed by atoms with van der Waals surface area (Å²) < 4.78 is 8.99. The van der Waals surface area contributed by atoms with Crippen molar-refractivity contribution >= 4 is 29.5 Å². The second-order valence-electron chi connectivity index (χ2n) is 4.36. The number of benzene rings is 1. The van der Waals surface area contributed by atoms with Gasteiger partial charge in [0.2, 0.25) is 5.78 Å². The lowest BCUT2D eigenvalue weighted by atomic mass is 10.1. The molecule has 1 atom stereocenters. The van der Waals surface area contributed by atoms with E-state index in [0.717, 1.165) is 4.90 Å². The van der Waals surface area contributed by atoms with Crippen molar-refractivity contribution in [3.8, 4) is 5.75 Å². The molecule has 0 amide bonds. The maximum Gasteiger partial charge on any atom is 0.374 e. The summed E-state index contributed by atoms with van der Waals surface area (Å²) in [6, 6.07) is 4.73. The van der Waals surface area contributed by atoms with Crippen LogP contribution in [0.2, 0.25) is 0 Å². The molecule has 1 aromatic rings. The zero-order valence-corrected chi connectivity index (χ0v) is 14.9. The van der Waals surface area contributed by atoms with Gasteiger partial charge in [-0.25, -0.2) is 9.59 Å². The number of carbonyl (C=O) groups is 3. The molecule has 0 aliphatic carbocycles. The third-order valence-corrected chi connectivity index (χ3v) is 3.33. The van der Waals surface area contributed by atoms with Crippen LogP contribution in [0.25, 0.3) is 0 Å². The van der Waals surface area contributed by atoms with Gasteiger partial charge in [0.05, 0.1) is 13.2 Å². The molecule has 24 heavy (non-hydrogen) atoms. The maximum atomic E-state index is 11.3. The number of hydrogen-bond donors (Lipinski definition) is 2. The molecule has 8 heteroatoms. The number of ether oxygens (including phenoxy) is 2. The van der Waals surface area contributed by atoms with Gasteiger partial charge in [-0.15, -0.1) is 11.8 Å². The van der Waals surface area contributed by atoms with Gasteiger partial charge in [0.25, 0.3) is 0 Å². The molecule has 0 fully saturated rings. The van der Waals surface area contributed by atoms with E-state index in [9.17, 15) is 24.6 Å². The highest BCUT2D eigenvalue weighted by Gasteiger charge is 2.22. The van der Waals surface area contributed by atoms with Gasteiger partial charge < -0.3 is 19.7 Å². The van der Waals surface area contributed by atoms with Gasteiger partial charge in [-0.1, -0.05) is 0 Å². The third kappa shape index (κ3) is 7.47. The molecule has 134 valence electrons. The number of hydrogen-bond acceptors (Lipinski definition) is 8. The molecule has 0 radical (unpaired) electrons. The van der Waals surface area contributed by atoms with Crippen LogP contribution in [0.4, 0.5) is 0 Å². The summed E-state index contributed by atoms with van der Waals surface area (Å²) in [4.78, 5) is 32.4. The van der Waals surface area contributed by atoms with Crippen molar-refractivity contribution in [1.82, 2.24) is 0 Å². The normalized spacial score (nSPS) is 10.9. The number of carbonyl (C=O) groups excluding carboxylic acids is 3. The number of phenolic OH excluding ortho intramolecular Hbond substituents is 1. The summed E-state index contributed by atoms with van der Waals surface area (Å²) in [6.45, 7) is 4.94. The third-order valence-electron chi connectivity index (χ3n) is 2.60. The largest absolute Gasteiger partial charge is 0.508 e. The number of rotatable bonds is 6. The van der Waals surface area contributed by atoms with E-state index < -0.39 is 23.8 Å². The quantitative estimate of drug-likeness (QED) is 0.450. The topological polar surface area (TPSA) is 110 Å². The van der Waals surface area contributed by atoms with Gasteiger partial charge >= 0.3 is 11.9 Å². The van der Waals surface area contributed by atoms with Gasteiger partial charge in [-0.05, 0) is 38.3 Å². The van der Waals surface area contributed by atoms with Crippen LogP contribution in [0.1, 0.15) is 32.4 Å². The highest BCUT2D eigenvalue weighted by molar-refractivity contribution is 7.98. The number of thioether (sulfide) groups is 1.